The van der Waals surface area contributed by atoms with Crippen LogP contribution in [0, 0.1) is 0 Å². The van der Waals surface area contributed by atoms with Crippen molar-refractivity contribution in [3.63, 3.8) is 0 Å². The lowest BCUT2D eigenvalue weighted by Crippen LogP contribution is -2.26. The molecule has 0 saturated carbocycles. The van der Waals surface area contributed by atoms with Gasteiger partial charge in [0.1, 0.15) is 5.75 Å². The topological polar surface area (TPSA) is 51.4 Å². The van der Waals surface area contributed by atoms with Crippen molar-refractivity contribution >= 4 is 16.5 Å². The Labute approximate surface area is 123 Å². The Bertz CT molecular complexity index is 578. The van der Waals surface area contributed by atoms with Crippen molar-refractivity contribution < 1.29 is 4.74 Å². The number of methoxy groups -OCH3 is 1. The van der Waals surface area contributed by atoms with Gasteiger partial charge in [-0.15, -0.1) is 11.3 Å². The van der Waals surface area contributed by atoms with Crippen molar-refractivity contribution in [3.05, 3.63) is 40.9 Å². The maximum absolute atomic E-state index is 5.82. The molecule has 1 saturated heterocycles. The molecule has 0 aliphatic carbocycles. The number of thiazole rings is 1. The number of nitrogens with zero attached hydrogens (tertiary/aromatic N) is 2. The van der Waals surface area contributed by atoms with Gasteiger partial charge in [0, 0.05) is 16.6 Å². The summed E-state index contributed by atoms with van der Waals surface area (Å²) >= 11 is 1.57. The van der Waals surface area contributed by atoms with Crippen LogP contribution in [0.3, 0.4) is 0 Å². The summed E-state index contributed by atoms with van der Waals surface area (Å²) in [5, 5.41) is 0.624. The van der Waals surface area contributed by atoms with E-state index in [1.807, 2.05) is 18.3 Å². The zero-order chi connectivity index (χ0) is 13.9. The van der Waals surface area contributed by atoms with E-state index in [9.17, 15) is 0 Å². The maximum Gasteiger partial charge on any atom is 0.180 e. The number of nitrogens with two attached hydrogens (primary N) is 1. The van der Waals surface area contributed by atoms with Gasteiger partial charge in [-0.3, -0.25) is 4.90 Å². The van der Waals surface area contributed by atoms with Crippen LogP contribution in [0.15, 0.2) is 30.5 Å². The van der Waals surface area contributed by atoms with Gasteiger partial charge in [0.15, 0.2) is 5.13 Å². The van der Waals surface area contributed by atoms with Crippen molar-refractivity contribution in [1.29, 1.82) is 0 Å². The Morgan fingerprint density at radius 1 is 1.30 bits per heavy atom. The minimum Gasteiger partial charge on any atom is -0.496 e. The van der Waals surface area contributed by atoms with E-state index in [0.717, 1.165) is 18.8 Å². The summed E-state index contributed by atoms with van der Waals surface area (Å²) in [5.74, 6) is 0.927. The number of aromatic nitrogens is 1. The van der Waals surface area contributed by atoms with E-state index in [4.69, 9.17) is 10.5 Å². The summed E-state index contributed by atoms with van der Waals surface area (Å²) in [6.07, 6.45) is 4.40. The molecule has 0 amide bonds. The van der Waals surface area contributed by atoms with Crippen LogP contribution >= 0.6 is 11.3 Å². The van der Waals surface area contributed by atoms with Gasteiger partial charge in [0.2, 0.25) is 0 Å². The van der Waals surface area contributed by atoms with Gasteiger partial charge in [-0.1, -0.05) is 18.2 Å². The first-order chi connectivity index (χ1) is 9.79. The number of nitrogen functional groups attached to an aromatic ring is 1. The maximum atomic E-state index is 5.82. The molecule has 1 aromatic heterocycles. The standard InChI is InChI=1S/C15H19N3OS/c1-19-12-7-3-2-6-11(12)14(18-8-4-5-9-18)13-10-17-15(16)20-13/h2-3,6-7,10,14H,4-5,8-9H2,1H3,(H2,16,17). The van der Waals surface area contributed by atoms with Crippen LogP contribution in [0.1, 0.15) is 29.3 Å². The minimum absolute atomic E-state index is 0.198. The fourth-order valence-electron chi connectivity index (χ4n) is 2.85. The highest BCUT2D eigenvalue weighted by Crippen LogP contribution is 2.39. The molecule has 1 atom stereocenters. The molecular weight excluding hydrogens is 270 g/mol. The quantitative estimate of drug-likeness (QED) is 0.940. The van der Waals surface area contributed by atoms with Crippen LogP contribution in [0.4, 0.5) is 5.13 Å². The van der Waals surface area contributed by atoms with E-state index in [1.54, 1.807) is 18.4 Å². The van der Waals surface area contributed by atoms with Crippen molar-refractivity contribution in [2.75, 3.05) is 25.9 Å². The molecule has 0 spiro atoms. The Kier molecular flexibility index (Phi) is 3.89. The molecule has 2 aromatic rings. The van der Waals surface area contributed by atoms with E-state index < -0.39 is 0 Å². The molecule has 1 aliphatic rings. The third-order valence-corrected chi connectivity index (χ3v) is 4.63. The number of benzene rings is 1. The van der Waals surface area contributed by atoms with Crippen molar-refractivity contribution in [2.24, 2.45) is 0 Å². The van der Waals surface area contributed by atoms with Crippen LogP contribution in [-0.4, -0.2) is 30.1 Å². The molecule has 0 radical (unpaired) electrons. The lowest BCUT2D eigenvalue weighted by molar-refractivity contribution is 0.276. The van der Waals surface area contributed by atoms with Gasteiger partial charge in [-0.05, 0) is 32.0 Å². The third kappa shape index (κ3) is 2.51. The van der Waals surface area contributed by atoms with Crippen LogP contribution in [0.5, 0.6) is 5.75 Å². The molecular formula is C15H19N3OS. The van der Waals surface area contributed by atoms with Crippen LogP contribution < -0.4 is 10.5 Å². The van der Waals surface area contributed by atoms with Gasteiger partial charge in [0.05, 0.1) is 13.2 Å². The number of para-hydroxylation sites is 1. The molecule has 1 aliphatic heterocycles. The first kappa shape index (κ1) is 13.4. The van der Waals surface area contributed by atoms with Gasteiger partial charge in [-0.25, -0.2) is 4.98 Å². The average molecular weight is 289 g/mol. The first-order valence-electron chi connectivity index (χ1n) is 6.88. The summed E-state index contributed by atoms with van der Waals surface area (Å²) < 4.78 is 5.54. The highest BCUT2D eigenvalue weighted by Gasteiger charge is 2.28. The number of anilines is 1. The first-order valence-corrected chi connectivity index (χ1v) is 7.69. The Morgan fingerprint density at radius 2 is 2.05 bits per heavy atom. The summed E-state index contributed by atoms with van der Waals surface area (Å²) in [7, 11) is 1.72. The number of rotatable bonds is 4. The predicted octanol–water partition coefficient (Wildman–Crippen LogP) is 2.92. The molecule has 2 heterocycles. The zero-order valence-electron chi connectivity index (χ0n) is 11.6. The lowest BCUT2D eigenvalue weighted by atomic mass is 10.0. The zero-order valence-corrected chi connectivity index (χ0v) is 12.4. The number of hydrogen-bond donors (Lipinski definition) is 1. The minimum atomic E-state index is 0.198. The van der Waals surface area contributed by atoms with Crippen molar-refractivity contribution in [1.82, 2.24) is 9.88 Å². The van der Waals surface area contributed by atoms with Gasteiger partial charge in [0.25, 0.3) is 0 Å². The molecule has 1 aromatic carbocycles. The normalized spacial score (nSPS) is 17.2. The van der Waals surface area contributed by atoms with Gasteiger partial charge in [-0.2, -0.15) is 0 Å². The summed E-state index contributed by atoms with van der Waals surface area (Å²) in [4.78, 5) is 7.90. The summed E-state index contributed by atoms with van der Waals surface area (Å²) in [5.41, 5.74) is 7.02. The second-order valence-electron chi connectivity index (χ2n) is 4.99. The molecule has 5 heteroatoms. The van der Waals surface area contributed by atoms with E-state index >= 15 is 0 Å². The smallest absolute Gasteiger partial charge is 0.180 e. The summed E-state index contributed by atoms with van der Waals surface area (Å²) in [6.45, 7) is 2.22. The van der Waals surface area contributed by atoms with Crippen LogP contribution in [0.2, 0.25) is 0 Å². The SMILES string of the molecule is COc1ccccc1C(c1cnc(N)s1)N1CCCC1. The van der Waals surface area contributed by atoms with E-state index in [2.05, 4.69) is 22.0 Å². The molecule has 106 valence electrons. The molecule has 0 bridgehead atoms. The number of hydrogen-bond acceptors (Lipinski definition) is 5. The van der Waals surface area contributed by atoms with E-state index in [-0.39, 0.29) is 6.04 Å². The molecule has 1 unspecified atom stereocenters. The van der Waals surface area contributed by atoms with Crippen LogP contribution in [0.25, 0.3) is 0 Å². The monoisotopic (exact) mass is 289 g/mol. The van der Waals surface area contributed by atoms with Crippen molar-refractivity contribution in [2.45, 2.75) is 18.9 Å². The fourth-order valence-corrected chi connectivity index (χ4v) is 3.69. The Hall–Kier alpha value is -1.59. The second-order valence-corrected chi connectivity index (χ2v) is 6.08. The van der Waals surface area contributed by atoms with E-state index in [1.165, 1.54) is 23.3 Å². The average Bonchev–Trinajstić information content (AvgIpc) is 3.12. The fraction of sp³-hybridized carbons (Fsp3) is 0.400. The second kappa shape index (κ2) is 5.81. The van der Waals surface area contributed by atoms with Gasteiger partial charge < -0.3 is 10.5 Å². The highest BCUT2D eigenvalue weighted by atomic mass is 32.1. The molecule has 4 nitrogen and oxygen atoms in total. The largest absolute Gasteiger partial charge is 0.496 e. The molecule has 2 N–H and O–H groups in total. The number of ether oxygens (including phenoxy) is 1. The van der Waals surface area contributed by atoms with Crippen LogP contribution in [-0.2, 0) is 0 Å². The molecule has 1 fully saturated rings. The Balaban J connectivity index is 2.04. The number of likely N-dealkylation sites (tertiary alicyclic amines) is 1. The Morgan fingerprint density at radius 3 is 2.70 bits per heavy atom. The van der Waals surface area contributed by atoms with Gasteiger partial charge >= 0.3 is 0 Å². The molecule has 20 heavy (non-hydrogen) atoms. The van der Waals surface area contributed by atoms with Crippen molar-refractivity contribution in [3.8, 4) is 5.75 Å². The predicted molar refractivity (Wildman–Crippen MR) is 82.2 cm³/mol. The molecule has 3 rings (SSSR count). The third-order valence-electron chi connectivity index (χ3n) is 3.75. The lowest BCUT2D eigenvalue weighted by Gasteiger charge is -2.28. The highest BCUT2D eigenvalue weighted by molar-refractivity contribution is 7.15. The summed E-state index contributed by atoms with van der Waals surface area (Å²) in [6, 6.07) is 8.42. The van der Waals surface area contributed by atoms with E-state index in [0.29, 0.717) is 5.13 Å².